The van der Waals surface area contributed by atoms with Crippen LogP contribution >= 0.6 is 0 Å². The van der Waals surface area contributed by atoms with Gasteiger partial charge in [0.25, 0.3) is 5.97 Å². The lowest BCUT2D eigenvalue weighted by atomic mass is 10.1. The first-order chi connectivity index (χ1) is 8.44. The van der Waals surface area contributed by atoms with E-state index < -0.39 is 5.97 Å². The lowest BCUT2D eigenvalue weighted by molar-refractivity contribution is -0.137. The highest BCUT2D eigenvalue weighted by molar-refractivity contribution is 5.62. The van der Waals surface area contributed by atoms with Crippen molar-refractivity contribution in [2.24, 2.45) is 0 Å². The second-order valence-electron chi connectivity index (χ2n) is 4.33. The van der Waals surface area contributed by atoms with Crippen LogP contribution in [-0.4, -0.2) is 36.5 Å². The molecule has 0 bridgehead atoms. The van der Waals surface area contributed by atoms with Gasteiger partial charge in [-0.05, 0) is 13.8 Å². The third kappa shape index (κ3) is 12.7. The molecule has 1 aliphatic heterocycles. The Labute approximate surface area is 109 Å². The van der Waals surface area contributed by atoms with Crippen LogP contribution in [0.2, 0.25) is 0 Å². The van der Waals surface area contributed by atoms with Gasteiger partial charge in [0.2, 0.25) is 0 Å². The highest BCUT2D eigenvalue weighted by Gasteiger charge is 2.21. The molecule has 1 fully saturated rings. The van der Waals surface area contributed by atoms with Crippen LogP contribution in [0, 0.1) is 0 Å². The zero-order valence-electron chi connectivity index (χ0n) is 11.3. The Balaban J connectivity index is 0.000000257. The average molecular weight is 254 g/mol. The number of carboxylic acids is 1. The van der Waals surface area contributed by atoms with Crippen LogP contribution in [0.1, 0.15) is 20.8 Å². The Morgan fingerprint density at radius 2 is 1.44 bits per heavy atom. The quantitative estimate of drug-likeness (QED) is 0.773. The summed E-state index contributed by atoms with van der Waals surface area (Å²) in [5, 5.41) is 7.42. The Morgan fingerprint density at radius 3 is 1.61 bits per heavy atom. The first kappa shape index (κ1) is 16.6. The minimum atomic E-state index is -0.833. The summed E-state index contributed by atoms with van der Waals surface area (Å²) in [4.78, 5) is 9.00. The molecule has 0 aliphatic carbocycles. The number of carboxylic acid groups (broad SMARTS) is 1. The Bertz CT molecular complexity index is 270. The minimum Gasteiger partial charge on any atom is -0.481 e. The van der Waals surface area contributed by atoms with Crippen LogP contribution < -0.4 is 0 Å². The molecule has 1 aliphatic rings. The van der Waals surface area contributed by atoms with Gasteiger partial charge in [0, 0.05) is 6.92 Å². The Morgan fingerprint density at radius 1 is 1.06 bits per heavy atom. The van der Waals surface area contributed by atoms with E-state index in [1.807, 2.05) is 50.2 Å². The molecule has 1 aromatic carbocycles. The molecule has 0 aromatic heterocycles. The molecule has 1 N–H and O–H groups in total. The van der Waals surface area contributed by atoms with E-state index >= 15 is 0 Å². The van der Waals surface area contributed by atoms with Crippen LogP contribution in [0.25, 0.3) is 0 Å². The second-order valence-corrected chi connectivity index (χ2v) is 4.33. The summed E-state index contributed by atoms with van der Waals surface area (Å²) in [6.07, 6.45) is 0. The van der Waals surface area contributed by atoms with Gasteiger partial charge in [-0.25, -0.2) is 0 Å². The van der Waals surface area contributed by atoms with E-state index in [1.165, 1.54) is 0 Å². The number of rotatable bonds is 0. The molecule has 18 heavy (non-hydrogen) atoms. The normalized spacial score (nSPS) is 16.4. The van der Waals surface area contributed by atoms with Gasteiger partial charge in [-0.1, -0.05) is 36.4 Å². The van der Waals surface area contributed by atoms with Gasteiger partial charge in [0.15, 0.2) is 0 Å². The summed E-state index contributed by atoms with van der Waals surface area (Å²) < 4.78 is 10.5. The Hall–Kier alpha value is -1.39. The van der Waals surface area contributed by atoms with Crippen molar-refractivity contribution in [3.05, 3.63) is 36.4 Å². The maximum absolute atomic E-state index is 9.00. The molecule has 4 heteroatoms. The molecule has 2 rings (SSSR count). The monoisotopic (exact) mass is 254 g/mol. The molecular weight excluding hydrogens is 232 g/mol. The second kappa shape index (κ2) is 9.62. The van der Waals surface area contributed by atoms with Gasteiger partial charge < -0.3 is 14.6 Å². The molecule has 0 spiro atoms. The Kier molecular flexibility index (Phi) is 8.88. The smallest absolute Gasteiger partial charge is 0.300 e. The largest absolute Gasteiger partial charge is 0.481 e. The van der Waals surface area contributed by atoms with Gasteiger partial charge in [-0.2, -0.15) is 0 Å². The van der Waals surface area contributed by atoms with E-state index in [4.69, 9.17) is 19.4 Å². The van der Waals surface area contributed by atoms with E-state index in [0.717, 1.165) is 26.7 Å². The molecule has 0 radical (unpaired) electrons. The minimum absolute atomic E-state index is 0.0434. The predicted molar refractivity (Wildman–Crippen MR) is 70.6 cm³/mol. The van der Waals surface area contributed by atoms with Crippen LogP contribution in [0.3, 0.4) is 0 Å². The van der Waals surface area contributed by atoms with Gasteiger partial charge >= 0.3 is 0 Å². The molecule has 0 atom stereocenters. The van der Waals surface area contributed by atoms with Gasteiger partial charge in [-0.15, -0.1) is 0 Å². The van der Waals surface area contributed by atoms with Crippen molar-refractivity contribution in [2.45, 2.75) is 26.4 Å². The topological polar surface area (TPSA) is 55.8 Å². The fraction of sp³-hybridized carbons (Fsp3) is 0.500. The lowest BCUT2D eigenvalue weighted by Crippen LogP contribution is -2.37. The molecule has 0 saturated carbocycles. The molecule has 102 valence electrons. The van der Waals surface area contributed by atoms with Crippen molar-refractivity contribution >= 4 is 5.97 Å². The SMILES string of the molecule is CC(=O)O.CC1(C)COCCO1.c1ccccc1. The zero-order valence-corrected chi connectivity index (χ0v) is 11.3. The van der Waals surface area contributed by atoms with E-state index in [0.29, 0.717) is 0 Å². The summed E-state index contributed by atoms with van der Waals surface area (Å²) in [7, 11) is 0. The molecule has 1 saturated heterocycles. The summed E-state index contributed by atoms with van der Waals surface area (Å²) in [5.41, 5.74) is -0.0434. The highest BCUT2D eigenvalue weighted by atomic mass is 16.6. The first-order valence-electron chi connectivity index (χ1n) is 5.85. The fourth-order valence-electron chi connectivity index (χ4n) is 1.12. The van der Waals surface area contributed by atoms with Gasteiger partial charge in [-0.3, -0.25) is 4.79 Å². The predicted octanol–water partition coefficient (Wildman–Crippen LogP) is 2.59. The number of ether oxygens (including phenoxy) is 2. The standard InChI is InChI=1S/C6H12O2.C6H6.C2H4O2/c1-6(2)5-7-3-4-8-6;1-2-4-6-5-3-1;1-2(3)4/h3-5H2,1-2H3;1-6H;1H3,(H,3,4). The fourth-order valence-corrected chi connectivity index (χ4v) is 1.12. The van der Waals surface area contributed by atoms with Crippen molar-refractivity contribution in [1.29, 1.82) is 0 Å². The molecule has 0 unspecified atom stereocenters. The average Bonchev–Trinajstić information content (AvgIpc) is 2.31. The number of aliphatic carboxylic acids is 1. The van der Waals surface area contributed by atoms with Crippen LogP contribution in [-0.2, 0) is 14.3 Å². The lowest BCUT2D eigenvalue weighted by Gasteiger charge is -2.29. The molecule has 4 nitrogen and oxygen atoms in total. The number of hydrogen-bond donors (Lipinski definition) is 1. The van der Waals surface area contributed by atoms with Crippen molar-refractivity contribution in [3.63, 3.8) is 0 Å². The molecule has 1 aromatic rings. The van der Waals surface area contributed by atoms with Gasteiger partial charge in [0.1, 0.15) is 0 Å². The van der Waals surface area contributed by atoms with Gasteiger partial charge in [0.05, 0.1) is 25.4 Å². The van der Waals surface area contributed by atoms with E-state index in [2.05, 4.69) is 0 Å². The third-order valence-electron chi connectivity index (χ3n) is 1.84. The molecular formula is C14H22O4. The summed E-state index contributed by atoms with van der Waals surface area (Å²) >= 11 is 0. The van der Waals surface area contributed by atoms with Crippen LogP contribution in [0.4, 0.5) is 0 Å². The summed E-state index contributed by atoms with van der Waals surface area (Å²) in [5.74, 6) is -0.833. The van der Waals surface area contributed by atoms with Crippen molar-refractivity contribution < 1.29 is 19.4 Å². The molecule has 1 heterocycles. The first-order valence-corrected chi connectivity index (χ1v) is 5.85. The zero-order chi connectivity index (χ0) is 13.9. The van der Waals surface area contributed by atoms with Crippen molar-refractivity contribution in [1.82, 2.24) is 0 Å². The van der Waals surface area contributed by atoms with Crippen molar-refractivity contribution in [3.8, 4) is 0 Å². The third-order valence-corrected chi connectivity index (χ3v) is 1.84. The maximum Gasteiger partial charge on any atom is 0.300 e. The number of carbonyl (C=O) groups is 1. The van der Waals surface area contributed by atoms with Crippen LogP contribution in [0.15, 0.2) is 36.4 Å². The summed E-state index contributed by atoms with van der Waals surface area (Å²) in [6.45, 7) is 7.38. The van der Waals surface area contributed by atoms with E-state index in [-0.39, 0.29) is 5.60 Å². The van der Waals surface area contributed by atoms with Crippen molar-refractivity contribution in [2.75, 3.05) is 19.8 Å². The molecule has 0 amide bonds. The number of benzene rings is 1. The number of hydrogen-bond acceptors (Lipinski definition) is 3. The maximum atomic E-state index is 9.00. The van der Waals surface area contributed by atoms with E-state index in [9.17, 15) is 0 Å². The van der Waals surface area contributed by atoms with E-state index in [1.54, 1.807) is 0 Å². The summed E-state index contributed by atoms with van der Waals surface area (Å²) in [6, 6.07) is 12.0. The van der Waals surface area contributed by atoms with Crippen LogP contribution in [0.5, 0.6) is 0 Å². The highest BCUT2D eigenvalue weighted by Crippen LogP contribution is 2.12.